The molecule has 1 nitrogen and oxygen atoms in total. The molecule has 0 amide bonds. The summed E-state index contributed by atoms with van der Waals surface area (Å²) in [7, 11) is 0. The maximum Gasteiger partial charge on any atom is 0.0207 e. The molecule has 0 saturated carbocycles. The van der Waals surface area contributed by atoms with E-state index in [1.165, 1.54) is 35.8 Å². The van der Waals surface area contributed by atoms with Crippen LogP contribution in [0.5, 0.6) is 0 Å². The van der Waals surface area contributed by atoms with E-state index >= 15 is 0 Å². The monoisotopic (exact) mass is 295 g/mol. The number of likely N-dealkylation sites (tertiary alicyclic amines) is 1. The Morgan fingerprint density at radius 2 is 2.00 bits per heavy atom. The molecule has 1 atom stereocenters. The lowest BCUT2D eigenvalue weighted by atomic mass is 9.99. The maximum atomic E-state index is 3.66. The van der Waals surface area contributed by atoms with Gasteiger partial charge in [-0.3, -0.25) is 4.90 Å². The van der Waals surface area contributed by atoms with Crippen LogP contribution in [-0.4, -0.2) is 23.0 Å². The summed E-state index contributed by atoms with van der Waals surface area (Å²) < 4.78 is 1.25. The van der Waals surface area contributed by atoms with Crippen molar-refractivity contribution in [2.75, 3.05) is 6.54 Å². The van der Waals surface area contributed by atoms with Gasteiger partial charge in [-0.15, -0.1) is 0 Å². The first-order chi connectivity index (χ1) is 7.98. The number of halogens is 1. The van der Waals surface area contributed by atoms with Crippen molar-refractivity contribution >= 4 is 15.9 Å². The molecule has 1 saturated heterocycles. The Morgan fingerprint density at radius 3 is 2.65 bits per heavy atom. The quantitative estimate of drug-likeness (QED) is 0.788. The van der Waals surface area contributed by atoms with Crippen LogP contribution in [0.15, 0.2) is 28.7 Å². The third-order valence-corrected chi connectivity index (χ3v) is 4.43. The van der Waals surface area contributed by atoms with Gasteiger partial charge in [0.15, 0.2) is 0 Å². The van der Waals surface area contributed by atoms with E-state index in [4.69, 9.17) is 0 Å². The molecule has 17 heavy (non-hydrogen) atoms. The Labute approximate surface area is 113 Å². The van der Waals surface area contributed by atoms with E-state index in [0.717, 1.165) is 0 Å². The first kappa shape index (κ1) is 13.1. The summed E-state index contributed by atoms with van der Waals surface area (Å²) in [6.07, 6.45) is 3.84. The van der Waals surface area contributed by atoms with Crippen LogP contribution in [0, 0.1) is 0 Å². The number of rotatable bonds is 2. The molecule has 1 aromatic carbocycles. The highest BCUT2D eigenvalue weighted by Crippen LogP contribution is 2.30. The second-order valence-electron chi connectivity index (χ2n) is 5.96. The van der Waals surface area contributed by atoms with Crippen molar-refractivity contribution < 1.29 is 0 Å². The largest absolute Gasteiger partial charge is 0.295 e. The molecule has 2 rings (SSSR count). The smallest absolute Gasteiger partial charge is 0.0207 e. The van der Waals surface area contributed by atoms with Crippen molar-refractivity contribution in [3.8, 4) is 0 Å². The molecule has 0 bridgehead atoms. The lowest BCUT2D eigenvalue weighted by Gasteiger charge is -2.37. The average Bonchev–Trinajstić information content (AvgIpc) is 2.69. The summed E-state index contributed by atoms with van der Waals surface area (Å²) in [6, 6.07) is 9.31. The van der Waals surface area contributed by atoms with Crippen molar-refractivity contribution in [3.63, 3.8) is 0 Å². The Bertz CT molecular complexity index is 381. The molecule has 1 fully saturated rings. The van der Waals surface area contributed by atoms with Crippen LogP contribution in [0.3, 0.4) is 0 Å². The van der Waals surface area contributed by atoms with Crippen LogP contribution in [-0.2, 0) is 6.42 Å². The van der Waals surface area contributed by atoms with Gasteiger partial charge in [-0.1, -0.05) is 34.1 Å². The SMILES string of the molecule is CC(C)(C)N1CCCC1Cc1ccccc1Br. The molecule has 1 unspecified atom stereocenters. The molecule has 0 spiro atoms. The van der Waals surface area contributed by atoms with Gasteiger partial charge in [0, 0.05) is 16.1 Å². The Morgan fingerprint density at radius 1 is 1.29 bits per heavy atom. The van der Waals surface area contributed by atoms with Crippen LogP contribution in [0.1, 0.15) is 39.2 Å². The van der Waals surface area contributed by atoms with Gasteiger partial charge in [-0.05, 0) is 58.2 Å². The van der Waals surface area contributed by atoms with Crippen LogP contribution >= 0.6 is 15.9 Å². The second kappa shape index (κ2) is 5.11. The van der Waals surface area contributed by atoms with E-state index in [1.54, 1.807) is 0 Å². The van der Waals surface area contributed by atoms with Gasteiger partial charge in [0.2, 0.25) is 0 Å². The summed E-state index contributed by atoms with van der Waals surface area (Å²) in [6.45, 7) is 8.22. The molecule has 2 heteroatoms. The normalized spacial score (nSPS) is 22.0. The van der Waals surface area contributed by atoms with Gasteiger partial charge in [0.1, 0.15) is 0 Å². The summed E-state index contributed by atoms with van der Waals surface area (Å²) >= 11 is 3.66. The summed E-state index contributed by atoms with van der Waals surface area (Å²) in [5.41, 5.74) is 1.73. The van der Waals surface area contributed by atoms with E-state index in [0.29, 0.717) is 11.6 Å². The predicted octanol–water partition coefficient (Wildman–Crippen LogP) is 4.25. The molecule has 0 radical (unpaired) electrons. The minimum Gasteiger partial charge on any atom is -0.295 e. The molecule has 1 aliphatic heterocycles. The zero-order valence-electron chi connectivity index (χ0n) is 11.0. The molecule has 1 aliphatic rings. The highest BCUT2D eigenvalue weighted by Gasteiger charge is 2.32. The molecule has 1 heterocycles. The fourth-order valence-electron chi connectivity index (χ4n) is 2.85. The fraction of sp³-hybridized carbons (Fsp3) is 0.600. The fourth-order valence-corrected chi connectivity index (χ4v) is 3.30. The third kappa shape index (κ3) is 3.11. The molecule has 0 N–H and O–H groups in total. The van der Waals surface area contributed by atoms with Crippen molar-refractivity contribution in [1.29, 1.82) is 0 Å². The molecule has 94 valence electrons. The lowest BCUT2D eigenvalue weighted by Crippen LogP contribution is -2.45. The third-order valence-electron chi connectivity index (χ3n) is 3.65. The van der Waals surface area contributed by atoms with Crippen molar-refractivity contribution in [2.45, 2.75) is 51.6 Å². The van der Waals surface area contributed by atoms with Gasteiger partial charge in [0.25, 0.3) is 0 Å². The average molecular weight is 296 g/mol. The van der Waals surface area contributed by atoms with E-state index < -0.39 is 0 Å². The Kier molecular flexibility index (Phi) is 3.94. The van der Waals surface area contributed by atoms with Crippen LogP contribution in [0.4, 0.5) is 0 Å². The maximum absolute atomic E-state index is 3.66. The van der Waals surface area contributed by atoms with Gasteiger partial charge in [-0.25, -0.2) is 0 Å². The summed E-state index contributed by atoms with van der Waals surface area (Å²) in [4.78, 5) is 2.66. The Hall–Kier alpha value is -0.340. The summed E-state index contributed by atoms with van der Waals surface area (Å²) in [5.74, 6) is 0. The van der Waals surface area contributed by atoms with Gasteiger partial charge in [-0.2, -0.15) is 0 Å². The zero-order valence-corrected chi connectivity index (χ0v) is 12.6. The van der Waals surface area contributed by atoms with E-state index in [1.807, 2.05) is 0 Å². The van der Waals surface area contributed by atoms with E-state index in [-0.39, 0.29) is 0 Å². The summed E-state index contributed by atoms with van der Waals surface area (Å²) in [5, 5.41) is 0. The van der Waals surface area contributed by atoms with Gasteiger partial charge >= 0.3 is 0 Å². The number of hydrogen-bond donors (Lipinski definition) is 0. The lowest BCUT2D eigenvalue weighted by molar-refractivity contribution is 0.121. The van der Waals surface area contributed by atoms with Gasteiger partial charge in [0.05, 0.1) is 0 Å². The second-order valence-corrected chi connectivity index (χ2v) is 6.81. The highest BCUT2D eigenvalue weighted by molar-refractivity contribution is 9.10. The first-order valence-corrected chi connectivity index (χ1v) is 7.28. The number of nitrogens with zero attached hydrogens (tertiary/aromatic N) is 1. The van der Waals surface area contributed by atoms with Crippen LogP contribution < -0.4 is 0 Å². The minimum absolute atomic E-state index is 0.294. The topological polar surface area (TPSA) is 3.24 Å². The molecular weight excluding hydrogens is 274 g/mol. The molecule has 0 aliphatic carbocycles. The first-order valence-electron chi connectivity index (χ1n) is 6.48. The number of hydrogen-bond acceptors (Lipinski definition) is 1. The van der Waals surface area contributed by atoms with Crippen molar-refractivity contribution in [2.24, 2.45) is 0 Å². The molecular formula is C15H22BrN. The number of benzene rings is 1. The van der Waals surface area contributed by atoms with Gasteiger partial charge < -0.3 is 0 Å². The van der Waals surface area contributed by atoms with Crippen molar-refractivity contribution in [1.82, 2.24) is 4.90 Å². The standard InChI is InChI=1S/C15H22BrN/c1-15(2,3)17-10-6-8-13(17)11-12-7-4-5-9-14(12)16/h4-5,7,9,13H,6,8,10-11H2,1-3H3. The zero-order chi connectivity index (χ0) is 12.5. The van der Waals surface area contributed by atoms with E-state index in [2.05, 4.69) is 65.9 Å². The predicted molar refractivity (Wildman–Crippen MR) is 77.3 cm³/mol. The molecule has 0 aromatic heterocycles. The van der Waals surface area contributed by atoms with Crippen LogP contribution in [0.25, 0.3) is 0 Å². The Balaban J connectivity index is 2.11. The van der Waals surface area contributed by atoms with Crippen LogP contribution in [0.2, 0.25) is 0 Å². The minimum atomic E-state index is 0.294. The van der Waals surface area contributed by atoms with Crippen molar-refractivity contribution in [3.05, 3.63) is 34.3 Å². The molecule has 1 aromatic rings. The van der Waals surface area contributed by atoms with E-state index in [9.17, 15) is 0 Å². The highest BCUT2D eigenvalue weighted by atomic mass is 79.9.